The summed E-state index contributed by atoms with van der Waals surface area (Å²) in [7, 11) is -3.60. The Hall–Kier alpha value is -0.950. The summed E-state index contributed by atoms with van der Waals surface area (Å²) in [6, 6.07) is 0. The van der Waals surface area contributed by atoms with E-state index in [1.807, 2.05) is 0 Å². The maximum atomic E-state index is 10.8. The zero-order valence-electron chi connectivity index (χ0n) is 12.4. The Bertz CT molecular complexity index is 335. The summed E-state index contributed by atoms with van der Waals surface area (Å²) in [5, 5.41) is 8.48. The summed E-state index contributed by atoms with van der Waals surface area (Å²) >= 11 is 0. The fraction of sp³-hybridized carbons (Fsp3) is 0.818. The van der Waals surface area contributed by atoms with Gasteiger partial charge in [0.05, 0.1) is 13.2 Å². The topological polar surface area (TPSA) is 119 Å². The zero-order valence-corrected chi connectivity index (χ0v) is 13.3. The summed E-state index contributed by atoms with van der Waals surface area (Å²) in [4.78, 5) is 29.8. The summed E-state index contributed by atoms with van der Waals surface area (Å²) in [6.07, 6.45) is -1.99. The molecule has 3 unspecified atom stereocenters. The number of aliphatic hydroxyl groups is 1. The number of carbonyl (C=O) groups is 2. The van der Waals surface area contributed by atoms with Crippen LogP contribution in [-0.4, -0.2) is 54.0 Å². The Labute approximate surface area is 118 Å². The molecule has 0 aromatic heterocycles. The van der Waals surface area contributed by atoms with Crippen LogP contribution in [-0.2, 0) is 28.2 Å². The van der Waals surface area contributed by atoms with Gasteiger partial charge in [0.1, 0.15) is 6.10 Å². The molecule has 0 aliphatic heterocycles. The van der Waals surface area contributed by atoms with E-state index in [9.17, 15) is 14.2 Å². The second-order valence-corrected chi connectivity index (χ2v) is 5.55. The van der Waals surface area contributed by atoms with Gasteiger partial charge in [0.15, 0.2) is 6.10 Å². The van der Waals surface area contributed by atoms with Gasteiger partial charge in [-0.2, -0.15) is 0 Å². The molecule has 0 bridgehead atoms. The SMILES string of the molecule is CCOC(=O)C(C)O.CCOC(=O)C(C)OP(C)(=O)O. The highest BCUT2D eigenvalue weighted by molar-refractivity contribution is 7.51. The first-order valence-corrected chi connectivity index (χ1v) is 8.07. The second-order valence-electron chi connectivity index (χ2n) is 3.73. The first-order valence-electron chi connectivity index (χ1n) is 6.05. The van der Waals surface area contributed by atoms with Crippen LogP contribution in [0, 0.1) is 0 Å². The number of hydrogen-bond acceptors (Lipinski definition) is 7. The van der Waals surface area contributed by atoms with Crippen molar-refractivity contribution in [2.75, 3.05) is 19.9 Å². The van der Waals surface area contributed by atoms with Crippen molar-refractivity contribution in [1.82, 2.24) is 0 Å². The molecule has 2 N–H and O–H groups in total. The molecule has 0 rings (SSSR count). The number of ether oxygens (including phenoxy) is 2. The molecular weight excluding hydrogens is 291 g/mol. The lowest BCUT2D eigenvalue weighted by atomic mass is 10.4. The molecule has 0 saturated carbocycles. The van der Waals surface area contributed by atoms with E-state index >= 15 is 0 Å². The van der Waals surface area contributed by atoms with Crippen LogP contribution >= 0.6 is 7.60 Å². The largest absolute Gasteiger partial charge is 0.464 e. The van der Waals surface area contributed by atoms with Gasteiger partial charge in [-0.3, -0.25) is 9.09 Å². The van der Waals surface area contributed by atoms with Crippen molar-refractivity contribution in [3.8, 4) is 0 Å². The van der Waals surface area contributed by atoms with Crippen molar-refractivity contribution >= 4 is 19.5 Å². The molecule has 9 heteroatoms. The highest BCUT2D eigenvalue weighted by atomic mass is 31.2. The lowest BCUT2D eigenvalue weighted by Gasteiger charge is -2.12. The van der Waals surface area contributed by atoms with Crippen molar-refractivity contribution in [3.05, 3.63) is 0 Å². The molecule has 120 valence electrons. The molecule has 0 radical (unpaired) electrons. The van der Waals surface area contributed by atoms with Crippen LogP contribution in [0.3, 0.4) is 0 Å². The van der Waals surface area contributed by atoms with Crippen LogP contribution in [0.2, 0.25) is 0 Å². The highest BCUT2D eigenvalue weighted by Crippen LogP contribution is 2.38. The van der Waals surface area contributed by atoms with Gasteiger partial charge < -0.3 is 19.5 Å². The number of rotatable bonds is 6. The van der Waals surface area contributed by atoms with Crippen molar-refractivity contribution in [1.29, 1.82) is 0 Å². The molecule has 8 nitrogen and oxygen atoms in total. The smallest absolute Gasteiger partial charge is 0.335 e. The number of aliphatic hydroxyl groups excluding tert-OH is 1. The Morgan fingerprint density at radius 1 is 1.10 bits per heavy atom. The number of carbonyl (C=O) groups excluding carboxylic acids is 2. The van der Waals surface area contributed by atoms with Crippen LogP contribution < -0.4 is 0 Å². The van der Waals surface area contributed by atoms with E-state index in [4.69, 9.17) is 10.00 Å². The monoisotopic (exact) mass is 314 g/mol. The minimum absolute atomic E-state index is 0.228. The van der Waals surface area contributed by atoms with E-state index in [1.165, 1.54) is 13.8 Å². The van der Waals surface area contributed by atoms with E-state index in [0.29, 0.717) is 6.61 Å². The molecule has 0 heterocycles. The first-order chi connectivity index (χ1) is 9.05. The Morgan fingerprint density at radius 2 is 1.50 bits per heavy atom. The summed E-state index contributed by atoms with van der Waals surface area (Å²) in [5.74, 6) is -1.19. The van der Waals surface area contributed by atoms with Crippen molar-refractivity contribution < 1.29 is 38.2 Å². The Balaban J connectivity index is 0. The normalized spacial score (nSPS) is 15.9. The summed E-state index contributed by atoms with van der Waals surface area (Å²) < 4.78 is 24.1. The van der Waals surface area contributed by atoms with Crippen LogP contribution in [0.4, 0.5) is 0 Å². The second kappa shape index (κ2) is 10.8. The fourth-order valence-corrected chi connectivity index (χ4v) is 1.53. The predicted molar refractivity (Wildman–Crippen MR) is 71.2 cm³/mol. The average molecular weight is 314 g/mol. The van der Waals surface area contributed by atoms with Crippen LogP contribution in [0.25, 0.3) is 0 Å². The third kappa shape index (κ3) is 13.5. The molecule has 3 atom stereocenters. The molecule has 0 aliphatic rings. The minimum Gasteiger partial charge on any atom is -0.464 e. The van der Waals surface area contributed by atoms with Crippen molar-refractivity contribution in [3.63, 3.8) is 0 Å². The molecule has 0 saturated heterocycles. The molecular formula is C11H23O8P. The van der Waals surface area contributed by atoms with Gasteiger partial charge in [-0.25, -0.2) is 9.59 Å². The van der Waals surface area contributed by atoms with Crippen molar-refractivity contribution in [2.45, 2.75) is 39.9 Å². The van der Waals surface area contributed by atoms with E-state index in [2.05, 4.69) is 14.0 Å². The minimum atomic E-state index is -3.60. The van der Waals surface area contributed by atoms with E-state index in [0.717, 1.165) is 6.66 Å². The molecule has 0 aliphatic carbocycles. The maximum absolute atomic E-state index is 10.8. The van der Waals surface area contributed by atoms with E-state index in [-0.39, 0.29) is 6.61 Å². The predicted octanol–water partition coefficient (Wildman–Crippen LogP) is 0.700. The van der Waals surface area contributed by atoms with E-state index < -0.39 is 31.7 Å². The molecule has 0 fully saturated rings. The van der Waals surface area contributed by atoms with Gasteiger partial charge in [0.25, 0.3) is 0 Å². The Morgan fingerprint density at radius 3 is 1.75 bits per heavy atom. The standard InChI is InChI=1S/C6H13O5P.C5H10O3/c1-4-10-6(7)5(2)11-12(3,8)9;1-3-8-5(7)4(2)6/h5H,4H2,1-3H3,(H,8,9);4,6H,3H2,1-2H3. The lowest BCUT2D eigenvalue weighted by molar-refractivity contribution is -0.152. The van der Waals surface area contributed by atoms with Gasteiger partial charge in [-0.1, -0.05) is 0 Å². The van der Waals surface area contributed by atoms with Gasteiger partial charge in [-0.05, 0) is 27.7 Å². The van der Waals surface area contributed by atoms with Gasteiger partial charge >= 0.3 is 19.5 Å². The highest BCUT2D eigenvalue weighted by Gasteiger charge is 2.22. The van der Waals surface area contributed by atoms with Crippen molar-refractivity contribution in [2.24, 2.45) is 0 Å². The lowest BCUT2D eigenvalue weighted by Crippen LogP contribution is -2.22. The zero-order chi connectivity index (χ0) is 16.3. The number of esters is 2. The average Bonchev–Trinajstić information content (AvgIpc) is 2.28. The third-order valence-corrected chi connectivity index (χ3v) is 2.31. The van der Waals surface area contributed by atoms with Crippen LogP contribution in [0.1, 0.15) is 27.7 Å². The quantitative estimate of drug-likeness (QED) is 0.543. The van der Waals surface area contributed by atoms with Gasteiger partial charge in [0, 0.05) is 6.66 Å². The molecule has 0 amide bonds. The van der Waals surface area contributed by atoms with E-state index in [1.54, 1.807) is 13.8 Å². The summed E-state index contributed by atoms with van der Waals surface area (Å²) in [6.45, 7) is 7.65. The van der Waals surface area contributed by atoms with Gasteiger partial charge in [-0.15, -0.1) is 0 Å². The Kier molecular flexibility index (Phi) is 11.5. The number of hydrogen-bond donors (Lipinski definition) is 2. The maximum Gasteiger partial charge on any atom is 0.335 e. The fourth-order valence-electron chi connectivity index (χ4n) is 0.859. The van der Waals surface area contributed by atoms with Crippen LogP contribution in [0.5, 0.6) is 0 Å². The summed E-state index contributed by atoms with van der Waals surface area (Å²) in [5.41, 5.74) is 0. The molecule has 0 aromatic carbocycles. The molecule has 20 heavy (non-hydrogen) atoms. The van der Waals surface area contributed by atoms with Crippen LogP contribution in [0.15, 0.2) is 0 Å². The molecule has 0 spiro atoms. The molecule has 0 aromatic rings. The first kappa shape index (κ1) is 21.4. The third-order valence-electron chi connectivity index (χ3n) is 1.60. The van der Waals surface area contributed by atoms with Gasteiger partial charge in [0.2, 0.25) is 0 Å².